The highest BCUT2D eigenvalue weighted by molar-refractivity contribution is 6.07. The maximum absolute atomic E-state index is 12.7. The molecule has 1 aliphatic rings. The van der Waals surface area contributed by atoms with E-state index in [9.17, 15) is 19.7 Å². The Kier molecular flexibility index (Phi) is 4.46. The van der Waals surface area contributed by atoms with E-state index in [2.05, 4.69) is 20.6 Å². The molecule has 3 rings (SSSR count). The van der Waals surface area contributed by atoms with Gasteiger partial charge >= 0.3 is 5.82 Å². The van der Waals surface area contributed by atoms with E-state index in [0.717, 1.165) is 25.3 Å². The summed E-state index contributed by atoms with van der Waals surface area (Å²) in [5, 5.41) is 23.0. The molecule has 2 N–H and O–H groups in total. The molecule has 132 valence electrons. The minimum absolute atomic E-state index is 0.146. The maximum Gasteiger partial charge on any atom is 0.343 e. The van der Waals surface area contributed by atoms with Crippen molar-refractivity contribution in [2.45, 2.75) is 19.3 Å². The fourth-order valence-corrected chi connectivity index (χ4v) is 2.74. The van der Waals surface area contributed by atoms with E-state index in [0.29, 0.717) is 13.1 Å². The van der Waals surface area contributed by atoms with E-state index in [1.54, 1.807) is 11.9 Å². The summed E-state index contributed by atoms with van der Waals surface area (Å²) in [7, 11) is 1.62. The molecule has 11 nitrogen and oxygen atoms in total. The second kappa shape index (κ2) is 6.71. The number of anilines is 1. The molecule has 2 aromatic rings. The summed E-state index contributed by atoms with van der Waals surface area (Å²) in [6.45, 7) is 1.34. The number of aromatic nitrogens is 4. The lowest BCUT2D eigenvalue weighted by molar-refractivity contribution is -0.389. The van der Waals surface area contributed by atoms with Gasteiger partial charge in [-0.15, -0.1) is 5.10 Å². The fraction of sp³-hybridized carbons (Fsp3) is 0.429. The molecule has 0 radical (unpaired) electrons. The van der Waals surface area contributed by atoms with Crippen LogP contribution in [0.25, 0.3) is 0 Å². The number of aryl methyl sites for hydroxylation is 1. The fourth-order valence-electron chi connectivity index (χ4n) is 2.74. The Morgan fingerprint density at radius 2 is 2.04 bits per heavy atom. The number of rotatable bonds is 4. The van der Waals surface area contributed by atoms with Crippen LogP contribution in [0.2, 0.25) is 0 Å². The van der Waals surface area contributed by atoms with Crippen LogP contribution in [-0.2, 0) is 7.05 Å². The van der Waals surface area contributed by atoms with E-state index in [1.165, 1.54) is 10.9 Å². The van der Waals surface area contributed by atoms with Gasteiger partial charge in [-0.1, -0.05) is 5.10 Å². The van der Waals surface area contributed by atoms with Gasteiger partial charge in [0.05, 0.1) is 18.0 Å². The van der Waals surface area contributed by atoms with Crippen LogP contribution < -0.4 is 5.32 Å². The van der Waals surface area contributed by atoms with Crippen LogP contribution in [0.4, 0.5) is 11.5 Å². The van der Waals surface area contributed by atoms with Crippen molar-refractivity contribution < 1.29 is 14.5 Å². The molecule has 0 atom stereocenters. The topological polar surface area (TPSA) is 139 Å². The summed E-state index contributed by atoms with van der Waals surface area (Å²) in [5.41, 5.74) is 0.362. The monoisotopic (exact) mass is 347 g/mol. The van der Waals surface area contributed by atoms with Crippen LogP contribution in [0.1, 0.15) is 40.2 Å². The molecule has 25 heavy (non-hydrogen) atoms. The van der Waals surface area contributed by atoms with E-state index in [-0.39, 0.29) is 28.8 Å². The van der Waals surface area contributed by atoms with Crippen LogP contribution in [0.5, 0.6) is 0 Å². The zero-order valence-corrected chi connectivity index (χ0v) is 13.6. The van der Waals surface area contributed by atoms with Gasteiger partial charge in [-0.25, -0.2) is 0 Å². The molecule has 0 unspecified atom stereocenters. The second-order valence-corrected chi connectivity index (χ2v) is 5.73. The van der Waals surface area contributed by atoms with Crippen molar-refractivity contribution >= 4 is 23.3 Å². The molecule has 0 aromatic carbocycles. The molecule has 2 aromatic heterocycles. The molecular formula is C14H17N7O4. The molecule has 0 spiro atoms. The first-order valence-corrected chi connectivity index (χ1v) is 7.80. The van der Waals surface area contributed by atoms with Crippen molar-refractivity contribution in [2.24, 2.45) is 7.05 Å². The number of nitrogens with one attached hydrogen (secondary N) is 2. The van der Waals surface area contributed by atoms with Crippen LogP contribution >= 0.6 is 0 Å². The largest absolute Gasteiger partial charge is 0.358 e. The lowest BCUT2D eigenvalue weighted by atomic mass is 10.1. The Morgan fingerprint density at radius 3 is 2.68 bits per heavy atom. The number of piperidine rings is 1. The predicted molar refractivity (Wildman–Crippen MR) is 86.2 cm³/mol. The van der Waals surface area contributed by atoms with Gasteiger partial charge in [0.15, 0.2) is 5.69 Å². The molecule has 1 aliphatic heterocycles. The van der Waals surface area contributed by atoms with E-state index in [4.69, 9.17) is 0 Å². The number of hydrogen-bond acceptors (Lipinski definition) is 6. The molecule has 11 heteroatoms. The normalized spacial score (nSPS) is 14.4. The smallest absolute Gasteiger partial charge is 0.343 e. The number of amides is 2. The summed E-state index contributed by atoms with van der Waals surface area (Å²) in [4.78, 5) is 36.7. The quantitative estimate of drug-likeness (QED) is 0.623. The van der Waals surface area contributed by atoms with E-state index >= 15 is 0 Å². The van der Waals surface area contributed by atoms with E-state index in [1.807, 2.05) is 0 Å². The van der Waals surface area contributed by atoms with Crippen molar-refractivity contribution in [1.29, 1.82) is 0 Å². The highest BCUT2D eigenvalue weighted by atomic mass is 16.6. The number of aromatic amines is 1. The molecule has 1 fully saturated rings. The molecule has 2 amide bonds. The predicted octanol–water partition coefficient (Wildman–Crippen LogP) is 0.930. The molecule has 1 saturated heterocycles. The second-order valence-electron chi connectivity index (χ2n) is 5.73. The zero-order valence-electron chi connectivity index (χ0n) is 13.6. The minimum Gasteiger partial charge on any atom is -0.358 e. The van der Waals surface area contributed by atoms with Crippen LogP contribution in [0.15, 0.2) is 12.3 Å². The number of nitrogens with zero attached hydrogens (tertiary/aromatic N) is 5. The number of carbonyl (C=O) groups excluding carboxylic acids is 2. The molecule has 3 heterocycles. The standard InChI is InChI=1S/C14H17N7O4/c1-19-12(14(23)20-5-3-2-4-6-20)10(8-15-19)16-13(22)9-7-11(18-17-9)21(24)25/h7-8H,2-6H2,1H3,(H,16,22)(H,17,18). The van der Waals surface area contributed by atoms with Gasteiger partial charge in [-0.05, 0) is 24.2 Å². The van der Waals surface area contributed by atoms with Gasteiger partial charge < -0.3 is 20.3 Å². The Hall–Kier alpha value is -3.24. The molecular weight excluding hydrogens is 330 g/mol. The Balaban J connectivity index is 1.79. The lowest BCUT2D eigenvalue weighted by Crippen LogP contribution is -2.37. The van der Waals surface area contributed by atoms with Gasteiger partial charge in [0.1, 0.15) is 5.69 Å². The SMILES string of the molecule is Cn1ncc(NC(=O)c2cc([N+](=O)[O-])[nH]n2)c1C(=O)N1CCCCC1. The third-order valence-electron chi connectivity index (χ3n) is 4.03. The number of carbonyl (C=O) groups is 2. The highest BCUT2D eigenvalue weighted by Crippen LogP contribution is 2.20. The first-order valence-electron chi connectivity index (χ1n) is 7.80. The lowest BCUT2D eigenvalue weighted by Gasteiger charge is -2.26. The Labute approximate surface area is 142 Å². The summed E-state index contributed by atoms with van der Waals surface area (Å²) >= 11 is 0. The number of nitro groups is 1. The Bertz CT molecular complexity index is 819. The van der Waals surface area contributed by atoms with Crippen molar-refractivity contribution in [1.82, 2.24) is 24.9 Å². The van der Waals surface area contributed by atoms with Crippen LogP contribution in [0.3, 0.4) is 0 Å². The third-order valence-corrected chi connectivity index (χ3v) is 4.03. The van der Waals surface area contributed by atoms with Crippen molar-refractivity contribution in [3.05, 3.63) is 33.8 Å². The molecule has 0 aliphatic carbocycles. The van der Waals surface area contributed by atoms with Gasteiger partial charge in [-0.3, -0.25) is 14.3 Å². The first-order chi connectivity index (χ1) is 12.0. The summed E-state index contributed by atoms with van der Waals surface area (Å²) in [6.07, 6.45) is 4.36. The number of hydrogen-bond donors (Lipinski definition) is 2. The van der Waals surface area contributed by atoms with Gasteiger partial charge in [0, 0.05) is 20.1 Å². The molecule has 0 saturated carbocycles. The molecule has 0 bridgehead atoms. The average molecular weight is 347 g/mol. The van der Waals surface area contributed by atoms with Crippen LogP contribution in [-0.4, -0.2) is 54.7 Å². The van der Waals surface area contributed by atoms with Gasteiger partial charge in [0.2, 0.25) is 0 Å². The zero-order chi connectivity index (χ0) is 18.0. The summed E-state index contributed by atoms with van der Waals surface area (Å²) in [5.74, 6) is -1.26. The summed E-state index contributed by atoms with van der Waals surface area (Å²) < 4.78 is 1.40. The van der Waals surface area contributed by atoms with Gasteiger partial charge in [0.25, 0.3) is 11.8 Å². The minimum atomic E-state index is -0.681. The average Bonchev–Trinajstić information content (AvgIpc) is 3.23. The Morgan fingerprint density at radius 1 is 1.32 bits per heavy atom. The van der Waals surface area contributed by atoms with Crippen LogP contribution in [0, 0.1) is 10.1 Å². The van der Waals surface area contributed by atoms with Crippen molar-refractivity contribution in [3.63, 3.8) is 0 Å². The summed E-state index contributed by atoms with van der Waals surface area (Å²) in [6, 6.07) is 1.03. The number of likely N-dealkylation sites (tertiary alicyclic amines) is 1. The highest BCUT2D eigenvalue weighted by Gasteiger charge is 2.26. The third kappa shape index (κ3) is 3.34. The number of H-pyrrole nitrogens is 1. The van der Waals surface area contributed by atoms with Gasteiger partial charge in [-0.2, -0.15) is 5.10 Å². The van der Waals surface area contributed by atoms with E-state index < -0.39 is 10.8 Å². The first kappa shape index (κ1) is 16.6. The van der Waals surface area contributed by atoms with Crippen molar-refractivity contribution in [2.75, 3.05) is 18.4 Å². The van der Waals surface area contributed by atoms with Crippen molar-refractivity contribution in [3.8, 4) is 0 Å². The maximum atomic E-state index is 12.7.